The number of rotatable bonds is 5. The largest absolute Gasteiger partial charge is 0.381 e. The predicted molar refractivity (Wildman–Crippen MR) is 128 cm³/mol. The molecular weight excluding hydrogens is 425 g/mol. The number of nitrogens with one attached hydrogen (secondary N) is 1. The number of nitrogens with two attached hydrogens (primary N) is 1. The number of Topliss-reactive ketones (excluding diaryl/α,β-unsaturated/α-hetero) is 1. The first-order valence-electron chi connectivity index (χ1n) is 11.4. The van der Waals surface area contributed by atoms with Crippen LogP contribution in [0.4, 0.5) is 10.1 Å². The van der Waals surface area contributed by atoms with Gasteiger partial charge in [0.05, 0.1) is 16.8 Å². The summed E-state index contributed by atoms with van der Waals surface area (Å²) in [4.78, 5) is 17.7. The van der Waals surface area contributed by atoms with Crippen molar-refractivity contribution in [2.24, 2.45) is 11.7 Å². The number of benzene rings is 2. The van der Waals surface area contributed by atoms with E-state index >= 15 is 0 Å². The van der Waals surface area contributed by atoms with Gasteiger partial charge in [-0.3, -0.25) is 9.78 Å². The smallest absolute Gasteiger partial charge is 0.169 e. The quantitative estimate of drug-likeness (QED) is 0.448. The summed E-state index contributed by atoms with van der Waals surface area (Å²) in [6, 6.07) is 9.63. The molecule has 4 nitrogen and oxygen atoms in total. The number of carbonyl (C=O) groups is 1. The van der Waals surface area contributed by atoms with E-state index in [1.54, 1.807) is 19.2 Å². The average molecular weight is 452 g/mol. The molecule has 3 aromatic rings. The minimum atomic E-state index is -0.333. The molecule has 2 fully saturated rings. The van der Waals surface area contributed by atoms with Crippen molar-refractivity contribution in [2.45, 2.75) is 57.5 Å². The highest BCUT2D eigenvalue weighted by molar-refractivity contribution is 6.31. The average Bonchev–Trinajstić information content (AvgIpc) is 3.63. The minimum absolute atomic E-state index is 0.0998. The van der Waals surface area contributed by atoms with E-state index in [4.69, 9.17) is 17.3 Å². The van der Waals surface area contributed by atoms with Gasteiger partial charge >= 0.3 is 0 Å². The van der Waals surface area contributed by atoms with Crippen LogP contribution < -0.4 is 11.1 Å². The van der Waals surface area contributed by atoms with Gasteiger partial charge in [0.1, 0.15) is 5.82 Å². The Kier molecular flexibility index (Phi) is 5.64. The third-order valence-corrected chi connectivity index (χ3v) is 7.21. The number of hydrogen-bond donors (Lipinski definition) is 2. The van der Waals surface area contributed by atoms with Crippen LogP contribution in [0.5, 0.6) is 0 Å². The molecule has 2 aliphatic carbocycles. The van der Waals surface area contributed by atoms with Crippen LogP contribution in [0.3, 0.4) is 0 Å². The Labute approximate surface area is 192 Å². The summed E-state index contributed by atoms with van der Waals surface area (Å²) >= 11 is 6.25. The van der Waals surface area contributed by atoms with Crippen molar-refractivity contribution < 1.29 is 9.18 Å². The molecule has 2 saturated carbocycles. The maximum absolute atomic E-state index is 14.4. The number of nitrogens with zero attached hydrogens (tertiary/aromatic N) is 1. The van der Waals surface area contributed by atoms with Crippen LogP contribution in [0.2, 0.25) is 5.02 Å². The van der Waals surface area contributed by atoms with Crippen LogP contribution in [0, 0.1) is 18.7 Å². The van der Waals surface area contributed by atoms with Gasteiger partial charge in [0.2, 0.25) is 0 Å². The highest BCUT2D eigenvalue weighted by Crippen LogP contribution is 2.39. The third-order valence-electron chi connectivity index (χ3n) is 6.82. The fraction of sp³-hybridized carbons (Fsp3) is 0.385. The lowest BCUT2D eigenvalue weighted by molar-refractivity contribution is 0.0968. The van der Waals surface area contributed by atoms with Crippen molar-refractivity contribution in [1.82, 2.24) is 4.98 Å². The van der Waals surface area contributed by atoms with Crippen LogP contribution in [0.15, 0.2) is 36.5 Å². The second-order valence-corrected chi connectivity index (χ2v) is 9.65. The van der Waals surface area contributed by atoms with E-state index in [-0.39, 0.29) is 29.6 Å². The SMILES string of the molecule is Cc1c(F)cc(-c2ccc3ncc(C(=O)C4CC4)c(NC4CCC(N)CC4)c3c2)cc1Cl. The van der Waals surface area contributed by atoms with E-state index in [9.17, 15) is 9.18 Å². The lowest BCUT2D eigenvalue weighted by Gasteiger charge is -2.29. The summed E-state index contributed by atoms with van der Waals surface area (Å²) in [5, 5.41) is 4.94. The van der Waals surface area contributed by atoms with Gasteiger partial charge < -0.3 is 11.1 Å². The molecule has 3 N–H and O–H groups in total. The first kappa shape index (κ1) is 21.4. The second-order valence-electron chi connectivity index (χ2n) is 9.24. The summed E-state index contributed by atoms with van der Waals surface area (Å²) in [6.45, 7) is 1.67. The summed E-state index contributed by atoms with van der Waals surface area (Å²) in [5.74, 6) is -0.0766. The maximum Gasteiger partial charge on any atom is 0.169 e. The van der Waals surface area contributed by atoms with Crippen LogP contribution in [-0.2, 0) is 0 Å². The van der Waals surface area contributed by atoms with E-state index in [1.165, 1.54) is 6.07 Å². The predicted octanol–water partition coefficient (Wildman–Crippen LogP) is 6.28. The Morgan fingerprint density at radius 1 is 1.09 bits per heavy atom. The Bertz CT molecular complexity index is 1180. The summed E-state index contributed by atoms with van der Waals surface area (Å²) in [5.41, 5.74) is 10.4. The van der Waals surface area contributed by atoms with E-state index < -0.39 is 0 Å². The molecule has 0 spiro atoms. The maximum atomic E-state index is 14.4. The monoisotopic (exact) mass is 451 g/mol. The lowest BCUT2D eigenvalue weighted by atomic mass is 9.91. The zero-order valence-corrected chi connectivity index (χ0v) is 18.9. The fourth-order valence-corrected chi connectivity index (χ4v) is 4.77. The standard InChI is InChI=1S/C26H27ClFN3O/c1-14-22(27)11-17(12-23(14)28)16-4-9-24-20(10-16)25(31-19-7-5-18(29)6-8-19)21(13-30-24)26(32)15-2-3-15/h4,9-13,15,18-19H,2-3,5-8,29H2,1H3,(H,30,31). The van der Waals surface area contributed by atoms with Gasteiger partial charge in [0, 0.05) is 40.2 Å². The molecule has 0 atom stereocenters. The normalized spacial score (nSPS) is 21.0. The summed E-state index contributed by atoms with van der Waals surface area (Å²) in [6.07, 6.45) is 7.48. The van der Waals surface area contributed by atoms with Gasteiger partial charge in [-0.25, -0.2) is 4.39 Å². The second kappa shape index (κ2) is 8.45. The van der Waals surface area contributed by atoms with Crippen molar-refractivity contribution in [3.8, 4) is 11.1 Å². The molecule has 0 amide bonds. The highest BCUT2D eigenvalue weighted by Gasteiger charge is 2.33. The van der Waals surface area contributed by atoms with Crippen LogP contribution >= 0.6 is 11.6 Å². The van der Waals surface area contributed by atoms with Crippen molar-refractivity contribution in [3.05, 3.63) is 58.5 Å². The molecule has 32 heavy (non-hydrogen) atoms. The molecule has 5 rings (SSSR count). The molecule has 1 heterocycles. The summed E-state index contributed by atoms with van der Waals surface area (Å²) < 4.78 is 14.4. The number of anilines is 1. The first-order valence-corrected chi connectivity index (χ1v) is 11.7. The molecule has 166 valence electrons. The van der Waals surface area contributed by atoms with Gasteiger partial charge in [-0.15, -0.1) is 0 Å². The van der Waals surface area contributed by atoms with Gasteiger partial charge in [-0.1, -0.05) is 17.7 Å². The molecule has 0 unspecified atom stereocenters. The van der Waals surface area contributed by atoms with Crippen molar-refractivity contribution in [3.63, 3.8) is 0 Å². The number of pyridine rings is 1. The number of aromatic nitrogens is 1. The molecular formula is C26H27ClFN3O. The molecule has 0 radical (unpaired) electrons. The van der Waals surface area contributed by atoms with Crippen molar-refractivity contribution in [1.29, 1.82) is 0 Å². The number of ketones is 1. The number of halogens is 2. The van der Waals surface area contributed by atoms with Gasteiger partial charge in [0.15, 0.2) is 5.78 Å². The molecule has 0 saturated heterocycles. The van der Waals surface area contributed by atoms with Gasteiger partial charge in [-0.05, 0) is 80.8 Å². The van der Waals surface area contributed by atoms with E-state index in [0.717, 1.165) is 60.7 Å². The lowest BCUT2D eigenvalue weighted by Crippen LogP contribution is -2.33. The number of carbonyl (C=O) groups excluding carboxylic acids is 1. The Hall–Kier alpha value is -2.50. The molecule has 2 aliphatic rings. The molecule has 1 aromatic heterocycles. The van der Waals surface area contributed by atoms with Gasteiger partial charge in [0.25, 0.3) is 0 Å². The topological polar surface area (TPSA) is 68.0 Å². The zero-order chi connectivity index (χ0) is 22.4. The van der Waals surface area contributed by atoms with E-state index in [2.05, 4.69) is 10.3 Å². The Balaban J connectivity index is 1.62. The molecule has 0 bridgehead atoms. The number of fused-ring (bicyclic) bond motifs is 1. The van der Waals surface area contributed by atoms with Crippen LogP contribution in [-0.4, -0.2) is 22.9 Å². The molecule has 2 aromatic carbocycles. The van der Waals surface area contributed by atoms with E-state index in [0.29, 0.717) is 21.7 Å². The van der Waals surface area contributed by atoms with E-state index in [1.807, 2.05) is 18.2 Å². The minimum Gasteiger partial charge on any atom is -0.381 e. The number of hydrogen-bond acceptors (Lipinski definition) is 4. The van der Waals surface area contributed by atoms with Crippen molar-refractivity contribution in [2.75, 3.05) is 5.32 Å². The fourth-order valence-electron chi connectivity index (χ4n) is 4.56. The highest BCUT2D eigenvalue weighted by atomic mass is 35.5. The van der Waals surface area contributed by atoms with Crippen molar-refractivity contribution >= 4 is 34.0 Å². The van der Waals surface area contributed by atoms with Crippen LogP contribution in [0.25, 0.3) is 22.0 Å². The third kappa shape index (κ3) is 4.12. The first-order chi connectivity index (χ1) is 15.4. The Morgan fingerprint density at radius 2 is 1.84 bits per heavy atom. The Morgan fingerprint density at radius 3 is 2.53 bits per heavy atom. The molecule has 0 aliphatic heterocycles. The molecule has 6 heteroatoms. The zero-order valence-electron chi connectivity index (χ0n) is 18.1. The summed E-state index contributed by atoms with van der Waals surface area (Å²) in [7, 11) is 0. The van der Waals surface area contributed by atoms with Crippen LogP contribution in [0.1, 0.15) is 54.4 Å². The van der Waals surface area contributed by atoms with Gasteiger partial charge in [-0.2, -0.15) is 0 Å².